The summed E-state index contributed by atoms with van der Waals surface area (Å²) in [5.41, 5.74) is 0. The van der Waals surface area contributed by atoms with Gasteiger partial charge in [-0.3, -0.25) is 4.79 Å². The zero-order valence-electron chi connectivity index (χ0n) is 20.5. The van der Waals surface area contributed by atoms with Gasteiger partial charge in [0.05, 0.1) is 19.3 Å². The Hall–Kier alpha value is -1.09. The Bertz CT molecular complexity index is 745. The van der Waals surface area contributed by atoms with Crippen molar-refractivity contribution < 1.29 is 74.1 Å². The van der Waals surface area contributed by atoms with Crippen molar-refractivity contribution in [3.63, 3.8) is 0 Å². The lowest BCUT2D eigenvalue weighted by Crippen LogP contribution is -2.69. The van der Waals surface area contributed by atoms with Gasteiger partial charge >= 0.3 is 0 Å². The number of nitrogens with one attached hydrogen (secondary N) is 1. The molecule has 16 heteroatoms. The molecular weight excluding hydrogens is 506 g/mol. The van der Waals surface area contributed by atoms with Crippen molar-refractivity contribution >= 4 is 5.91 Å². The summed E-state index contributed by atoms with van der Waals surface area (Å²) in [7, 11) is 1.26. The molecule has 3 aliphatic rings. The first kappa shape index (κ1) is 30.5. The number of aliphatic hydroxyl groups is 8. The number of amides is 1. The minimum atomic E-state index is -1.82. The van der Waals surface area contributed by atoms with Gasteiger partial charge in [0.15, 0.2) is 18.9 Å². The largest absolute Gasteiger partial charge is 0.394 e. The third-order valence-corrected chi connectivity index (χ3v) is 6.67. The van der Waals surface area contributed by atoms with Crippen LogP contribution in [0.3, 0.4) is 0 Å². The second kappa shape index (κ2) is 12.8. The number of hydrogen-bond donors (Lipinski definition) is 9. The summed E-state index contributed by atoms with van der Waals surface area (Å²) in [5.74, 6) is -0.555. The predicted octanol–water partition coefficient (Wildman–Crippen LogP) is -5.75. The van der Waals surface area contributed by atoms with Gasteiger partial charge in [0.1, 0.15) is 67.1 Å². The fourth-order valence-corrected chi connectivity index (χ4v) is 4.58. The highest BCUT2D eigenvalue weighted by Crippen LogP contribution is 2.33. The molecule has 37 heavy (non-hydrogen) atoms. The lowest BCUT2D eigenvalue weighted by molar-refractivity contribution is -0.371. The molecule has 0 spiro atoms. The van der Waals surface area contributed by atoms with Crippen LogP contribution in [0.4, 0.5) is 0 Å². The van der Waals surface area contributed by atoms with Gasteiger partial charge in [-0.25, -0.2) is 0 Å². The van der Waals surface area contributed by atoms with E-state index in [2.05, 4.69) is 5.32 Å². The van der Waals surface area contributed by atoms with Crippen LogP contribution in [-0.2, 0) is 33.2 Å². The molecule has 3 rings (SSSR count). The lowest BCUT2D eigenvalue weighted by atomic mass is 9.94. The number of carbonyl (C=O) groups is 1. The second-order valence-electron chi connectivity index (χ2n) is 9.27. The highest BCUT2D eigenvalue weighted by atomic mass is 16.8. The quantitative estimate of drug-likeness (QED) is 0.138. The van der Waals surface area contributed by atoms with E-state index in [1.165, 1.54) is 21.0 Å². The molecule has 3 heterocycles. The number of hydrogen-bond acceptors (Lipinski definition) is 15. The molecule has 0 aromatic rings. The smallest absolute Gasteiger partial charge is 0.217 e. The molecule has 216 valence electrons. The van der Waals surface area contributed by atoms with Gasteiger partial charge in [-0.15, -0.1) is 0 Å². The van der Waals surface area contributed by atoms with Gasteiger partial charge in [0, 0.05) is 14.0 Å². The first-order valence-electron chi connectivity index (χ1n) is 11.8. The summed E-state index contributed by atoms with van der Waals surface area (Å²) >= 11 is 0. The van der Waals surface area contributed by atoms with Crippen LogP contribution in [0, 0.1) is 0 Å². The number of rotatable bonds is 8. The minimum absolute atomic E-state index is 0.555. The fraction of sp³-hybridized carbons (Fsp3) is 0.952. The minimum Gasteiger partial charge on any atom is -0.394 e. The molecule has 1 amide bonds. The maximum Gasteiger partial charge on any atom is 0.217 e. The first-order valence-corrected chi connectivity index (χ1v) is 11.8. The molecule has 9 N–H and O–H groups in total. The number of methoxy groups -OCH3 is 1. The maximum atomic E-state index is 12.0. The van der Waals surface area contributed by atoms with E-state index in [0.29, 0.717) is 0 Å². The van der Waals surface area contributed by atoms with E-state index in [4.69, 9.17) is 28.4 Å². The summed E-state index contributed by atoms with van der Waals surface area (Å²) in [5, 5.41) is 83.5. The Kier molecular flexibility index (Phi) is 10.6. The van der Waals surface area contributed by atoms with E-state index >= 15 is 0 Å². The maximum absolute atomic E-state index is 12.0. The highest BCUT2D eigenvalue weighted by Gasteiger charge is 2.54. The third kappa shape index (κ3) is 6.39. The summed E-state index contributed by atoms with van der Waals surface area (Å²) < 4.78 is 33.7. The van der Waals surface area contributed by atoms with Crippen LogP contribution < -0.4 is 5.32 Å². The standard InChI is InChI=1S/C21H37NO15/c1-6-11(26)13(28)15(30)20(33-6)36-17-9(5-24)35-19(32-3)10(22-7(2)25)18(17)37-21-16(31)14(29)12(27)8(4-23)34-21/h6,8-21,23-24,26-31H,4-5H2,1-3H3,(H,22,25)/t6-,8+,9+,10-,11+,12+,13+,14-,15+,16+,17+,18+,19+,20+,21+/m1/s1. The van der Waals surface area contributed by atoms with Gasteiger partial charge < -0.3 is 74.6 Å². The molecule has 3 aliphatic heterocycles. The molecule has 15 atom stereocenters. The Morgan fingerprint density at radius 1 is 0.730 bits per heavy atom. The van der Waals surface area contributed by atoms with E-state index < -0.39 is 111 Å². The van der Waals surface area contributed by atoms with Gasteiger partial charge in [-0.2, -0.15) is 0 Å². The zero-order chi connectivity index (χ0) is 27.6. The molecular formula is C21H37NO15. The first-order chi connectivity index (χ1) is 17.4. The molecule has 0 saturated carbocycles. The van der Waals surface area contributed by atoms with Crippen molar-refractivity contribution in [1.29, 1.82) is 0 Å². The monoisotopic (exact) mass is 543 g/mol. The molecule has 3 fully saturated rings. The topological polar surface area (TPSA) is 246 Å². The van der Waals surface area contributed by atoms with E-state index in [1.807, 2.05) is 0 Å². The van der Waals surface area contributed by atoms with E-state index in [9.17, 15) is 45.6 Å². The predicted molar refractivity (Wildman–Crippen MR) is 116 cm³/mol. The third-order valence-electron chi connectivity index (χ3n) is 6.67. The van der Waals surface area contributed by atoms with Crippen LogP contribution in [0.5, 0.6) is 0 Å². The fourth-order valence-electron chi connectivity index (χ4n) is 4.58. The molecule has 0 bridgehead atoms. The van der Waals surface area contributed by atoms with Crippen LogP contribution in [0.1, 0.15) is 13.8 Å². The van der Waals surface area contributed by atoms with Gasteiger partial charge in [-0.1, -0.05) is 0 Å². The van der Waals surface area contributed by atoms with Gasteiger partial charge in [-0.05, 0) is 6.92 Å². The summed E-state index contributed by atoms with van der Waals surface area (Å²) in [6.07, 6.45) is -20.8. The Labute approximate surface area is 212 Å². The number of aliphatic hydroxyl groups excluding tert-OH is 8. The number of ether oxygens (including phenoxy) is 6. The second-order valence-corrected chi connectivity index (χ2v) is 9.27. The summed E-state index contributed by atoms with van der Waals surface area (Å²) in [6.45, 7) is 1.21. The molecule has 3 saturated heterocycles. The van der Waals surface area contributed by atoms with Crippen molar-refractivity contribution in [2.24, 2.45) is 0 Å². The summed E-state index contributed by atoms with van der Waals surface area (Å²) in [4.78, 5) is 12.0. The van der Waals surface area contributed by atoms with Crippen LogP contribution in [0.15, 0.2) is 0 Å². The Morgan fingerprint density at radius 3 is 1.78 bits per heavy atom. The van der Waals surface area contributed by atoms with Crippen molar-refractivity contribution in [3.8, 4) is 0 Å². The molecule has 16 nitrogen and oxygen atoms in total. The Morgan fingerprint density at radius 2 is 1.24 bits per heavy atom. The normalized spacial score (nSPS) is 49.0. The van der Waals surface area contributed by atoms with Crippen molar-refractivity contribution in [2.45, 2.75) is 106 Å². The highest BCUT2D eigenvalue weighted by molar-refractivity contribution is 5.73. The summed E-state index contributed by atoms with van der Waals surface area (Å²) in [6, 6.07) is -1.18. The SMILES string of the molecule is CO[C@H]1O[C@@H](CO)[C@H](O[C@@H]2O[C@H](C)[C@H](O)[C@H](O)[C@@H]2O)[C@@H](O[C@@H]2O[C@@H](CO)[C@H](O)[C@@H](O)[C@@H]2O)[C@H]1NC(C)=O. The van der Waals surface area contributed by atoms with E-state index in [1.54, 1.807) is 0 Å². The van der Waals surface area contributed by atoms with Crippen LogP contribution in [0.25, 0.3) is 0 Å². The van der Waals surface area contributed by atoms with E-state index in [-0.39, 0.29) is 0 Å². The average molecular weight is 544 g/mol. The zero-order valence-corrected chi connectivity index (χ0v) is 20.5. The molecule has 0 radical (unpaired) electrons. The molecule has 0 aromatic carbocycles. The molecule has 0 unspecified atom stereocenters. The van der Waals surface area contributed by atoms with Crippen LogP contribution >= 0.6 is 0 Å². The van der Waals surface area contributed by atoms with Crippen LogP contribution in [0.2, 0.25) is 0 Å². The lowest BCUT2D eigenvalue weighted by Gasteiger charge is -2.50. The van der Waals surface area contributed by atoms with E-state index in [0.717, 1.165) is 0 Å². The van der Waals surface area contributed by atoms with Gasteiger partial charge in [0.25, 0.3) is 0 Å². The van der Waals surface area contributed by atoms with Crippen molar-refractivity contribution in [1.82, 2.24) is 5.32 Å². The molecule has 0 aliphatic carbocycles. The average Bonchev–Trinajstić information content (AvgIpc) is 2.87. The van der Waals surface area contributed by atoms with Crippen molar-refractivity contribution in [3.05, 3.63) is 0 Å². The van der Waals surface area contributed by atoms with Gasteiger partial charge in [0.2, 0.25) is 5.91 Å². The van der Waals surface area contributed by atoms with Crippen LogP contribution in [-0.4, -0.2) is 159 Å². The van der Waals surface area contributed by atoms with Crippen molar-refractivity contribution in [2.75, 3.05) is 20.3 Å². The molecule has 0 aromatic heterocycles. The number of carbonyl (C=O) groups excluding carboxylic acids is 1. The Balaban J connectivity index is 1.95.